The van der Waals surface area contributed by atoms with Crippen molar-refractivity contribution in [2.45, 2.75) is 64.5 Å². The van der Waals surface area contributed by atoms with Crippen LogP contribution in [0.4, 0.5) is 8.78 Å². The fourth-order valence-corrected chi connectivity index (χ4v) is 5.54. The zero-order valence-corrected chi connectivity index (χ0v) is 16.4. The molecule has 3 aliphatic rings. The molecule has 2 heterocycles. The van der Waals surface area contributed by atoms with Gasteiger partial charge in [-0.2, -0.15) is 11.3 Å². The minimum Gasteiger partial charge on any atom is -0.342 e. The Morgan fingerprint density at radius 2 is 2.00 bits per heavy atom. The Hall–Kier alpha value is -1.50. The Kier molecular flexibility index (Phi) is 4.77. The second kappa shape index (κ2) is 6.83. The van der Waals surface area contributed by atoms with Gasteiger partial charge in [0.1, 0.15) is 5.41 Å². The number of halogens is 2. The number of nitrogens with zero attached hydrogens (tertiary/aromatic N) is 2. The van der Waals surface area contributed by atoms with Gasteiger partial charge in [0.05, 0.1) is 0 Å². The van der Waals surface area contributed by atoms with Crippen LogP contribution in [0, 0.1) is 10.8 Å². The molecule has 1 aromatic rings. The average Bonchev–Trinajstić information content (AvgIpc) is 3.02. The molecule has 2 saturated carbocycles. The lowest BCUT2D eigenvalue weighted by Crippen LogP contribution is -2.54. The van der Waals surface area contributed by atoms with Crippen molar-refractivity contribution in [2.24, 2.45) is 10.8 Å². The van der Waals surface area contributed by atoms with Gasteiger partial charge in [0.15, 0.2) is 0 Å². The largest absolute Gasteiger partial charge is 0.342 e. The first-order valence-corrected chi connectivity index (χ1v) is 10.7. The SMILES string of the molecule is CC(=O)N(Cc1ccsc1)C1CC12CCN(C(=O)C1(C(F)F)CCC1)CC2. The summed E-state index contributed by atoms with van der Waals surface area (Å²) >= 11 is 1.62. The van der Waals surface area contributed by atoms with Gasteiger partial charge >= 0.3 is 0 Å². The van der Waals surface area contributed by atoms with Crippen LogP contribution in [0.25, 0.3) is 0 Å². The van der Waals surface area contributed by atoms with Gasteiger partial charge in [-0.3, -0.25) is 9.59 Å². The summed E-state index contributed by atoms with van der Waals surface area (Å²) in [5.74, 6) is -0.273. The van der Waals surface area contributed by atoms with E-state index in [0.717, 1.165) is 24.8 Å². The molecular formula is C20H26F2N2O2S. The Morgan fingerprint density at radius 1 is 1.30 bits per heavy atom. The van der Waals surface area contributed by atoms with E-state index in [-0.39, 0.29) is 23.3 Å². The third-order valence-electron chi connectivity index (χ3n) is 7.00. The van der Waals surface area contributed by atoms with E-state index in [9.17, 15) is 18.4 Å². The van der Waals surface area contributed by atoms with Gasteiger partial charge in [0.25, 0.3) is 6.43 Å². The molecule has 1 spiro atoms. The zero-order valence-electron chi connectivity index (χ0n) is 15.6. The molecule has 1 aromatic heterocycles. The van der Waals surface area contributed by atoms with Gasteiger partial charge in [0.2, 0.25) is 11.8 Å². The van der Waals surface area contributed by atoms with Gasteiger partial charge in [-0.15, -0.1) is 0 Å². The van der Waals surface area contributed by atoms with Crippen LogP contribution in [0.1, 0.15) is 51.0 Å². The summed E-state index contributed by atoms with van der Waals surface area (Å²) in [7, 11) is 0. The highest BCUT2D eigenvalue weighted by molar-refractivity contribution is 7.07. The predicted molar refractivity (Wildman–Crippen MR) is 99.5 cm³/mol. The fourth-order valence-electron chi connectivity index (χ4n) is 4.88. The molecule has 1 aliphatic heterocycles. The van der Waals surface area contributed by atoms with Gasteiger partial charge in [-0.1, -0.05) is 6.42 Å². The molecule has 27 heavy (non-hydrogen) atoms. The molecular weight excluding hydrogens is 370 g/mol. The summed E-state index contributed by atoms with van der Waals surface area (Å²) in [5, 5.41) is 4.08. The molecule has 4 nitrogen and oxygen atoms in total. The first-order valence-electron chi connectivity index (χ1n) is 9.74. The molecule has 148 valence electrons. The highest BCUT2D eigenvalue weighted by Gasteiger charge is 2.60. The number of amides is 2. The maximum atomic E-state index is 13.5. The minimum atomic E-state index is -2.57. The van der Waals surface area contributed by atoms with Crippen molar-refractivity contribution in [3.63, 3.8) is 0 Å². The van der Waals surface area contributed by atoms with Crippen LogP contribution in [0.5, 0.6) is 0 Å². The number of carbonyl (C=O) groups is 2. The summed E-state index contributed by atoms with van der Waals surface area (Å²) in [5.41, 5.74) is -0.206. The van der Waals surface area contributed by atoms with Crippen LogP contribution in [0.15, 0.2) is 16.8 Å². The smallest absolute Gasteiger partial charge is 0.252 e. The zero-order chi connectivity index (χ0) is 19.2. The Bertz CT molecular complexity index is 710. The van der Waals surface area contributed by atoms with Crippen LogP contribution in [-0.2, 0) is 16.1 Å². The van der Waals surface area contributed by atoms with Gasteiger partial charge in [-0.05, 0) is 59.9 Å². The number of thiophene rings is 1. The highest BCUT2D eigenvalue weighted by atomic mass is 32.1. The summed E-state index contributed by atoms with van der Waals surface area (Å²) in [6.07, 6.45) is 1.33. The van der Waals surface area contributed by atoms with Crippen LogP contribution in [0.2, 0.25) is 0 Å². The van der Waals surface area contributed by atoms with Crippen molar-refractivity contribution in [1.29, 1.82) is 0 Å². The van der Waals surface area contributed by atoms with Crippen LogP contribution in [0.3, 0.4) is 0 Å². The summed E-state index contributed by atoms with van der Waals surface area (Å²) < 4.78 is 26.9. The quantitative estimate of drug-likeness (QED) is 0.757. The first-order chi connectivity index (χ1) is 12.9. The predicted octanol–water partition coefficient (Wildman–Crippen LogP) is 3.91. The van der Waals surface area contributed by atoms with Crippen molar-refractivity contribution in [2.75, 3.05) is 13.1 Å². The number of likely N-dealkylation sites (tertiary alicyclic amines) is 1. The normalized spacial score (nSPS) is 25.3. The number of hydrogen-bond acceptors (Lipinski definition) is 3. The molecule has 0 N–H and O–H groups in total. The average molecular weight is 397 g/mol. The van der Waals surface area contributed by atoms with E-state index in [0.29, 0.717) is 38.9 Å². The lowest BCUT2D eigenvalue weighted by atomic mass is 9.67. The van der Waals surface area contributed by atoms with E-state index < -0.39 is 11.8 Å². The highest BCUT2D eigenvalue weighted by Crippen LogP contribution is 2.57. The summed E-state index contributed by atoms with van der Waals surface area (Å²) in [6.45, 7) is 3.31. The number of piperidine rings is 1. The van der Waals surface area contributed by atoms with Crippen molar-refractivity contribution < 1.29 is 18.4 Å². The van der Waals surface area contributed by atoms with Gasteiger partial charge in [0, 0.05) is 32.6 Å². The van der Waals surface area contributed by atoms with Crippen molar-refractivity contribution in [1.82, 2.24) is 9.80 Å². The second-order valence-corrected chi connectivity index (χ2v) is 9.24. The number of carbonyl (C=O) groups excluding carboxylic acids is 2. The third kappa shape index (κ3) is 3.18. The Morgan fingerprint density at radius 3 is 2.48 bits per heavy atom. The molecule has 0 bridgehead atoms. The topological polar surface area (TPSA) is 40.6 Å². The van der Waals surface area contributed by atoms with Gasteiger partial charge in [-0.25, -0.2) is 8.78 Å². The Labute approximate surface area is 162 Å². The molecule has 0 radical (unpaired) electrons. The Balaban J connectivity index is 1.38. The minimum absolute atomic E-state index is 0.0656. The fraction of sp³-hybridized carbons (Fsp3) is 0.700. The molecule has 1 atom stereocenters. The molecule has 2 amide bonds. The summed E-state index contributed by atoms with van der Waals surface area (Å²) in [6, 6.07) is 2.25. The van der Waals surface area contributed by atoms with E-state index in [1.54, 1.807) is 23.2 Å². The van der Waals surface area contributed by atoms with E-state index >= 15 is 0 Å². The number of rotatable bonds is 5. The van der Waals surface area contributed by atoms with Crippen LogP contribution >= 0.6 is 11.3 Å². The molecule has 0 aromatic carbocycles. The molecule has 7 heteroatoms. The number of alkyl halides is 2. The monoisotopic (exact) mass is 396 g/mol. The molecule has 1 saturated heterocycles. The lowest BCUT2D eigenvalue weighted by molar-refractivity contribution is -0.164. The van der Waals surface area contributed by atoms with Crippen molar-refractivity contribution in [3.05, 3.63) is 22.4 Å². The summed E-state index contributed by atoms with van der Waals surface area (Å²) in [4.78, 5) is 28.5. The second-order valence-electron chi connectivity index (χ2n) is 8.46. The molecule has 4 rings (SSSR count). The van der Waals surface area contributed by atoms with E-state index in [1.165, 1.54) is 0 Å². The molecule has 3 fully saturated rings. The number of hydrogen-bond donors (Lipinski definition) is 0. The first kappa shape index (κ1) is 18.8. The molecule has 1 unspecified atom stereocenters. The van der Waals surface area contributed by atoms with E-state index in [1.807, 2.05) is 16.3 Å². The van der Waals surface area contributed by atoms with Crippen molar-refractivity contribution >= 4 is 23.2 Å². The lowest BCUT2D eigenvalue weighted by Gasteiger charge is -2.45. The molecule has 2 aliphatic carbocycles. The van der Waals surface area contributed by atoms with Crippen LogP contribution < -0.4 is 0 Å². The van der Waals surface area contributed by atoms with E-state index in [4.69, 9.17) is 0 Å². The van der Waals surface area contributed by atoms with Crippen molar-refractivity contribution in [3.8, 4) is 0 Å². The maximum Gasteiger partial charge on any atom is 0.252 e. The van der Waals surface area contributed by atoms with E-state index in [2.05, 4.69) is 5.38 Å². The van der Waals surface area contributed by atoms with Gasteiger partial charge < -0.3 is 9.80 Å². The standard InChI is InChI=1S/C20H26F2N2O2S/c1-14(25)24(12-15-3-10-27-13-15)16-11-19(16)6-8-23(9-7-19)18(26)20(17(21)22)4-2-5-20/h3,10,13,16-17H,2,4-9,11-12H2,1H3. The maximum absolute atomic E-state index is 13.5. The van der Waals surface area contributed by atoms with Crippen LogP contribution in [-0.4, -0.2) is 47.2 Å². The third-order valence-corrected chi connectivity index (χ3v) is 7.73.